The largest absolute Gasteiger partial charge is 0.466 e. The van der Waals surface area contributed by atoms with Gasteiger partial charge in [-0.15, -0.1) is 11.3 Å². The SMILES string of the molecule is CCOC(=O)C1CC(=O)N(P(=O)(c2ccccc2)c2ccccc2)C1(C)c1ccc(Cl)s1. The molecule has 4 rings (SSSR count). The van der Waals surface area contributed by atoms with Crippen LogP contribution in [0.2, 0.25) is 4.34 Å². The number of rotatable bonds is 6. The zero-order valence-electron chi connectivity index (χ0n) is 17.7. The summed E-state index contributed by atoms with van der Waals surface area (Å²) >= 11 is 7.53. The third-order valence-corrected chi connectivity index (χ3v) is 10.5. The smallest absolute Gasteiger partial charge is 0.312 e. The lowest BCUT2D eigenvalue weighted by molar-refractivity contribution is -0.150. The third kappa shape index (κ3) is 3.61. The number of thiophene rings is 1. The zero-order valence-corrected chi connectivity index (χ0v) is 20.2. The molecule has 1 aliphatic heterocycles. The molecule has 1 amide bonds. The fraction of sp³-hybridized carbons (Fsp3) is 0.250. The van der Waals surface area contributed by atoms with Crippen LogP contribution in [0.1, 0.15) is 25.1 Å². The molecule has 3 aromatic rings. The summed E-state index contributed by atoms with van der Waals surface area (Å²) in [5.41, 5.74) is -1.19. The topological polar surface area (TPSA) is 63.7 Å². The molecule has 32 heavy (non-hydrogen) atoms. The Bertz CT molecular complexity index is 1140. The van der Waals surface area contributed by atoms with Crippen LogP contribution in [0.4, 0.5) is 0 Å². The molecule has 1 saturated heterocycles. The van der Waals surface area contributed by atoms with Gasteiger partial charge in [-0.1, -0.05) is 48.0 Å². The van der Waals surface area contributed by atoms with Crippen LogP contribution in [0.15, 0.2) is 72.8 Å². The number of nitrogens with zero attached hydrogens (tertiary/aromatic N) is 1. The molecule has 8 heteroatoms. The summed E-state index contributed by atoms with van der Waals surface area (Å²) in [5.74, 6) is -1.65. The van der Waals surface area contributed by atoms with Gasteiger partial charge in [-0.05, 0) is 50.2 Å². The van der Waals surface area contributed by atoms with Crippen molar-refractivity contribution in [3.63, 3.8) is 0 Å². The fourth-order valence-corrected chi connectivity index (χ4v) is 8.82. The summed E-state index contributed by atoms with van der Waals surface area (Å²) in [6, 6.07) is 21.5. The molecule has 2 heterocycles. The summed E-state index contributed by atoms with van der Waals surface area (Å²) in [5, 5.41) is 1.05. The molecule has 1 fully saturated rings. The molecule has 2 atom stereocenters. The van der Waals surface area contributed by atoms with Crippen LogP contribution in [-0.4, -0.2) is 23.2 Å². The molecule has 0 bridgehead atoms. The van der Waals surface area contributed by atoms with E-state index in [9.17, 15) is 9.59 Å². The van der Waals surface area contributed by atoms with Crippen LogP contribution in [0, 0.1) is 5.92 Å². The summed E-state index contributed by atoms with van der Waals surface area (Å²) in [6.45, 7) is 3.71. The third-order valence-electron chi connectivity index (χ3n) is 5.87. The Hall–Kier alpha value is -2.40. The predicted octanol–water partition coefficient (Wildman–Crippen LogP) is 4.96. The number of hydrogen-bond donors (Lipinski definition) is 0. The van der Waals surface area contributed by atoms with Crippen molar-refractivity contribution in [3.05, 3.63) is 82.0 Å². The molecule has 166 valence electrons. The van der Waals surface area contributed by atoms with E-state index in [4.69, 9.17) is 16.3 Å². The van der Waals surface area contributed by atoms with Gasteiger partial charge in [0.1, 0.15) is 0 Å². The Kier molecular flexibility index (Phi) is 6.30. The molecule has 1 aliphatic rings. The number of esters is 1. The van der Waals surface area contributed by atoms with Gasteiger partial charge in [-0.2, -0.15) is 0 Å². The first-order valence-corrected chi connectivity index (χ1v) is 13.2. The monoisotopic (exact) mass is 487 g/mol. The Morgan fingerprint density at radius 3 is 2.12 bits per heavy atom. The van der Waals surface area contributed by atoms with Crippen LogP contribution in [0.3, 0.4) is 0 Å². The van der Waals surface area contributed by atoms with Crippen molar-refractivity contribution in [2.24, 2.45) is 5.92 Å². The summed E-state index contributed by atoms with van der Waals surface area (Å²) in [6.07, 6.45) is -0.0888. The summed E-state index contributed by atoms with van der Waals surface area (Å²) < 4.78 is 22.4. The number of benzene rings is 2. The molecule has 0 N–H and O–H groups in total. The molecule has 0 spiro atoms. The van der Waals surface area contributed by atoms with Crippen LogP contribution in [-0.2, 0) is 24.4 Å². The van der Waals surface area contributed by atoms with Gasteiger partial charge < -0.3 is 4.74 Å². The Morgan fingerprint density at radius 1 is 1.09 bits per heavy atom. The quantitative estimate of drug-likeness (QED) is 0.364. The minimum absolute atomic E-state index is 0.0888. The van der Waals surface area contributed by atoms with E-state index < -0.39 is 24.7 Å². The van der Waals surface area contributed by atoms with Crippen molar-refractivity contribution >= 4 is 52.7 Å². The lowest BCUT2D eigenvalue weighted by Crippen LogP contribution is -2.47. The molecule has 0 aliphatic carbocycles. The molecule has 2 unspecified atom stereocenters. The van der Waals surface area contributed by atoms with Gasteiger partial charge in [-0.25, -0.2) is 0 Å². The Morgan fingerprint density at radius 2 is 1.66 bits per heavy atom. The predicted molar refractivity (Wildman–Crippen MR) is 128 cm³/mol. The van der Waals surface area contributed by atoms with Gasteiger partial charge in [-0.3, -0.25) is 18.8 Å². The van der Waals surface area contributed by atoms with E-state index in [1.807, 2.05) is 12.1 Å². The minimum Gasteiger partial charge on any atom is -0.466 e. The summed E-state index contributed by atoms with van der Waals surface area (Å²) in [7, 11) is -3.66. The van der Waals surface area contributed by atoms with E-state index in [0.29, 0.717) is 19.8 Å². The van der Waals surface area contributed by atoms with Crippen molar-refractivity contribution in [2.45, 2.75) is 25.8 Å². The van der Waals surface area contributed by atoms with Gasteiger partial charge in [0.25, 0.3) is 0 Å². The highest BCUT2D eigenvalue weighted by molar-refractivity contribution is 7.77. The van der Waals surface area contributed by atoms with Crippen molar-refractivity contribution in [3.8, 4) is 0 Å². The number of carbonyl (C=O) groups excluding carboxylic acids is 2. The van der Waals surface area contributed by atoms with E-state index in [1.165, 1.54) is 16.0 Å². The lowest BCUT2D eigenvalue weighted by atomic mass is 9.86. The lowest BCUT2D eigenvalue weighted by Gasteiger charge is -2.42. The van der Waals surface area contributed by atoms with Crippen molar-refractivity contribution in [1.29, 1.82) is 0 Å². The highest BCUT2D eigenvalue weighted by Crippen LogP contribution is 2.61. The first-order valence-electron chi connectivity index (χ1n) is 10.3. The second-order valence-electron chi connectivity index (χ2n) is 7.71. The van der Waals surface area contributed by atoms with Gasteiger partial charge in [0.2, 0.25) is 13.2 Å². The Balaban J connectivity index is 2.00. The second-order valence-corrected chi connectivity index (χ2v) is 12.0. The second kappa shape index (κ2) is 8.86. The van der Waals surface area contributed by atoms with Crippen molar-refractivity contribution in [1.82, 2.24) is 4.67 Å². The number of carbonyl (C=O) groups is 2. The maximum atomic E-state index is 15.1. The van der Waals surface area contributed by atoms with Crippen LogP contribution in [0.5, 0.6) is 0 Å². The van der Waals surface area contributed by atoms with Crippen LogP contribution >= 0.6 is 30.2 Å². The summed E-state index contributed by atoms with van der Waals surface area (Å²) in [4.78, 5) is 27.3. The Labute approximate surface area is 196 Å². The first-order chi connectivity index (χ1) is 15.3. The van der Waals surface area contributed by atoms with Gasteiger partial charge in [0, 0.05) is 21.9 Å². The number of hydrogen-bond acceptors (Lipinski definition) is 5. The maximum Gasteiger partial charge on any atom is 0.312 e. The molecule has 1 aromatic heterocycles. The normalized spacial score (nSPS) is 21.0. The number of halogens is 1. The highest BCUT2D eigenvalue weighted by atomic mass is 35.5. The van der Waals surface area contributed by atoms with Crippen molar-refractivity contribution < 1.29 is 18.9 Å². The number of ether oxygens (including phenoxy) is 1. The molecule has 0 radical (unpaired) electrons. The highest BCUT2D eigenvalue weighted by Gasteiger charge is 2.61. The maximum absolute atomic E-state index is 15.1. The molecular formula is C24H23ClNO4PS. The fourth-order valence-electron chi connectivity index (χ4n) is 4.37. The van der Waals surface area contributed by atoms with Gasteiger partial charge in [0.05, 0.1) is 22.4 Å². The van der Waals surface area contributed by atoms with Gasteiger partial charge in [0.15, 0.2) is 0 Å². The molecule has 0 saturated carbocycles. The zero-order chi connectivity index (χ0) is 22.9. The first kappa shape index (κ1) is 22.8. The van der Waals surface area contributed by atoms with Crippen LogP contribution < -0.4 is 10.6 Å². The van der Waals surface area contributed by atoms with E-state index in [-0.39, 0.29) is 18.9 Å². The minimum atomic E-state index is -3.66. The van der Waals surface area contributed by atoms with Gasteiger partial charge >= 0.3 is 5.97 Å². The average Bonchev–Trinajstić information content (AvgIpc) is 3.36. The van der Waals surface area contributed by atoms with Crippen LogP contribution in [0.25, 0.3) is 0 Å². The standard InChI is InChI=1S/C24H23ClNO4PS/c1-3-30-23(28)19-16-22(27)26(24(19,2)20-14-15-21(25)32-20)31(29,17-10-6-4-7-11-17)18-12-8-5-9-13-18/h4-15,19H,3,16H2,1-2H3. The number of amides is 1. The molecule has 2 aromatic carbocycles. The average molecular weight is 488 g/mol. The van der Waals surface area contributed by atoms with E-state index >= 15 is 4.57 Å². The van der Waals surface area contributed by atoms with E-state index in [2.05, 4.69) is 0 Å². The molecular weight excluding hydrogens is 465 g/mol. The van der Waals surface area contributed by atoms with E-state index in [0.717, 1.165) is 0 Å². The van der Waals surface area contributed by atoms with Crippen molar-refractivity contribution in [2.75, 3.05) is 6.61 Å². The van der Waals surface area contributed by atoms with E-state index in [1.54, 1.807) is 74.5 Å². The molecule has 5 nitrogen and oxygen atoms in total.